The molecular formula is C14H15NO2S. The second-order valence-electron chi connectivity index (χ2n) is 3.98. The molecule has 0 aliphatic rings. The Morgan fingerprint density at radius 2 is 2.00 bits per heavy atom. The predicted octanol–water partition coefficient (Wildman–Crippen LogP) is 3.38. The first-order chi connectivity index (χ1) is 8.70. The van der Waals surface area contributed by atoms with Gasteiger partial charge in [0.15, 0.2) is 6.04 Å². The van der Waals surface area contributed by atoms with Gasteiger partial charge in [-0.25, -0.2) is 4.79 Å². The van der Waals surface area contributed by atoms with E-state index in [-0.39, 0.29) is 5.97 Å². The summed E-state index contributed by atoms with van der Waals surface area (Å²) < 4.78 is 4.84. The van der Waals surface area contributed by atoms with Crippen LogP contribution in [0.25, 0.3) is 0 Å². The number of ether oxygens (including phenoxy) is 1. The number of benzene rings is 1. The molecule has 0 saturated carbocycles. The molecule has 94 valence electrons. The molecule has 18 heavy (non-hydrogen) atoms. The zero-order chi connectivity index (χ0) is 13.0. The van der Waals surface area contributed by atoms with Crippen LogP contribution in [0.3, 0.4) is 0 Å². The molecular weight excluding hydrogens is 246 g/mol. The minimum absolute atomic E-state index is 0.280. The summed E-state index contributed by atoms with van der Waals surface area (Å²) in [5.74, 6) is -0.280. The largest absolute Gasteiger partial charge is 0.467 e. The number of thiophene rings is 1. The molecule has 0 bridgehead atoms. The number of hydrogen-bond acceptors (Lipinski definition) is 4. The van der Waals surface area contributed by atoms with E-state index in [1.54, 1.807) is 0 Å². The first-order valence-corrected chi connectivity index (χ1v) is 6.53. The summed E-state index contributed by atoms with van der Waals surface area (Å²) in [7, 11) is 1.40. The lowest BCUT2D eigenvalue weighted by atomic mass is 10.2. The average molecular weight is 261 g/mol. The number of esters is 1. The summed E-state index contributed by atoms with van der Waals surface area (Å²) >= 11 is 1.53. The molecule has 1 atom stereocenters. The van der Waals surface area contributed by atoms with Gasteiger partial charge >= 0.3 is 5.97 Å². The molecule has 1 aromatic heterocycles. The molecule has 0 fully saturated rings. The Morgan fingerprint density at radius 3 is 2.56 bits per heavy atom. The third kappa shape index (κ3) is 2.90. The zero-order valence-corrected chi connectivity index (χ0v) is 11.2. The van der Waals surface area contributed by atoms with E-state index >= 15 is 0 Å². The minimum atomic E-state index is -0.447. The van der Waals surface area contributed by atoms with Crippen molar-refractivity contribution < 1.29 is 9.53 Å². The highest BCUT2D eigenvalue weighted by atomic mass is 32.1. The molecule has 2 rings (SSSR count). The van der Waals surface area contributed by atoms with Gasteiger partial charge in [0.05, 0.1) is 7.11 Å². The summed E-state index contributed by atoms with van der Waals surface area (Å²) in [6, 6.07) is 11.3. The molecule has 2 aromatic rings. The molecule has 4 heteroatoms. The molecule has 0 aliphatic carbocycles. The second-order valence-corrected chi connectivity index (χ2v) is 4.96. The fourth-order valence-electron chi connectivity index (χ4n) is 1.64. The van der Waals surface area contributed by atoms with Crippen molar-refractivity contribution >= 4 is 23.0 Å². The number of aryl methyl sites for hydroxylation is 1. The quantitative estimate of drug-likeness (QED) is 0.857. The first-order valence-electron chi connectivity index (χ1n) is 5.65. The number of nitrogens with one attached hydrogen (secondary N) is 1. The van der Waals surface area contributed by atoms with Crippen molar-refractivity contribution in [2.75, 3.05) is 12.4 Å². The SMILES string of the molecule is COC(=O)C(Nc1ccc(C)cc1)c1cccs1. The van der Waals surface area contributed by atoms with Gasteiger partial charge in [0.25, 0.3) is 0 Å². The van der Waals surface area contributed by atoms with Gasteiger partial charge < -0.3 is 10.1 Å². The summed E-state index contributed by atoms with van der Waals surface area (Å²) in [5, 5.41) is 5.14. The van der Waals surface area contributed by atoms with Crippen molar-refractivity contribution in [1.82, 2.24) is 0 Å². The molecule has 0 radical (unpaired) electrons. The second kappa shape index (κ2) is 5.69. The van der Waals surface area contributed by atoms with E-state index in [1.165, 1.54) is 24.0 Å². The third-order valence-electron chi connectivity index (χ3n) is 2.63. The number of rotatable bonds is 4. The van der Waals surface area contributed by atoms with Crippen LogP contribution in [0, 0.1) is 6.92 Å². The number of hydrogen-bond donors (Lipinski definition) is 1. The number of carbonyl (C=O) groups excluding carboxylic acids is 1. The van der Waals surface area contributed by atoms with Crippen LogP contribution >= 0.6 is 11.3 Å². The first kappa shape index (κ1) is 12.6. The molecule has 1 unspecified atom stereocenters. The fraction of sp³-hybridized carbons (Fsp3) is 0.214. The van der Waals surface area contributed by atoms with E-state index in [0.29, 0.717) is 0 Å². The minimum Gasteiger partial charge on any atom is -0.467 e. The van der Waals surface area contributed by atoms with Crippen molar-refractivity contribution in [3.63, 3.8) is 0 Å². The lowest BCUT2D eigenvalue weighted by Gasteiger charge is -2.16. The maximum Gasteiger partial charge on any atom is 0.333 e. The van der Waals surface area contributed by atoms with Crippen molar-refractivity contribution in [3.05, 3.63) is 52.2 Å². The van der Waals surface area contributed by atoms with Crippen LogP contribution in [-0.2, 0) is 9.53 Å². The van der Waals surface area contributed by atoms with Crippen molar-refractivity contribution in [2.24, 2.45) is 0 Å². The van der Waals surface area contributed by atoms with Gasteiger partial charge in [-0.3, -0.25) is 0 Å². The van der Waals surface area contributed by atoms with Crippen LogP contribution in [0.15, 0.2) is 41.8 Å². The highest BCUT2D eigenvalue weighted by Crippen LogP contribution is 2.24. The maximum atomic E-state index is 11.8. The van der Waals surface area contributed by atoms with Crippen LogP contribution in [0.2, 0.25) is 0 Å². The molecule has 0 aliphatic heterocycles. The smallest absolute Gasteiger partial charge is 0.333 e. The van der Waals surface area contributed by atoms with Gasteiger partial charge in [0, 0.05) is 10.6 Å². The van der Waals surface area contributed by atoms with E-state index in [0.717, 1.165) is 10.6 Å². The van der Waals surface area contributed by atoms with Gasteiger partial charge in [-0.2, -0.15) is 0 Å². The van der Waals surface area contributed by atoms with Gasteiger partial charge in [-0.05, 0) is 30.5 Å². The van der Waals surface area contributed by atoms with Crippen molar-refractivity contribution in [3.8, 4) is 0 Å². The van der Waals surface area contributed by atoms with Gasteiger partial charge in [0.1, 0.15) is 0 Å². The molecule has 0 saturated heterocycles. The Balaban J connectivity index is 2.20. The Hall–Kier alpha value is -1.81. The van der Waals surface area contributed by atoms with Crippen molar-refractivity contribution in [2.45, 2.75) is 13.0 Å². The average Bonchev–Trinajstić information content (AvgIpc) is 2.91. The molecule has 0 spiro atoms. The maximum absolute atomic E-state index is 11.8. The van der Waals surface area contributed by atoms with E-state index in [1.807, 2.05) is 48.7 Å². The number of anilines is 1. The summed E-state index contributed by atoms with van der Waals surface area (Å²) in [6.07, 6.45) is 0. The highest BCUT2D eigenvalue weighted by Gasteiger charge is 2.21. The molecule has 1 N–H and O–H groups in total. The van der Waals surface area contributed by atoms with Crippen LogP contribution in [0.1, 0.15) is 16.5 Å². The molecule has 1 heterocycles. The fourth-order valence-corrected chi connectivity index (χ4v) is 2.40. The Labute approximate surface area is 110 Å². The summed E-state index contributed by atoms with van der Waals surface area (Å²) in [4.78, 5) is 12.8. The topological polar surface area (TPSA) is 38.3 Å². The van der Waals surface area contributed by atoms with E-state index < -0.39 is 6.04 Å². The normalized spacial score (nSPS) is 11.9. The van der Waals surface area contributed by atoms with Gasteiger partial charge in [0.2, 0.25) is 0 Å². The summed E-state index contributed by atoms with van der Waals surface area (Å²) in [6.45, 7) is 2.03. The molecule has 1 aromatic carbocycles. The predicted molar refractivity (Wildman–Crippen MR) is 73.9 cm³/mol. The van der Waals surface area contributed by atoms with E-state index in [2.05, 4.69) is 5.32 Å². The summed E-state index contributed by atoms with van der Waals surface area (Å²) in [5.41, 5.74) is 2.09. The Morgan fingerprint density at radius 1 is 1.28 bits per heavy atom. The van der Waals surface area contributed by atoms with E-state index in [9.17, 15) is 4.79 Å². The van der Waals surface area contributed by atoms with E-state index in [4.69, 9.17) is 4.74 Å². The monoisotopic (exact) mass is 261 g/mol. The Kier molecular flexibility index (Phi) is 3.99. The number of carbonyl (C=O) groups is 1. The van der Waals surface area contributed by atoms with Gasteiger partial charge in [-0.15, -0.1) is 11.3 Å². The van der Waals surface area contributed by atoms with Crippen LogP contribution < -0.4 is 5.32 Å². The lowest BCUT2D eigenvalue weighted by Crippen LogP contribution is -2.21. The van der Waals surface area contributed by atoms with Crippen LogP contribution in [0.5, 0.6) is 0 Å². The van der Waals surface area contributed by atoms with Gasteiger partial charge in [-0.1, -0.05) is 23.8 Å². The van der Waals surface area contributed by atoms with Crippen LogP contribution in [0.4, 0.5) is 5.69 Å². The highest BCUT2D eigenvalue weighted by molar-refractivity contribution is 7.10. The Bertz CT molecular complexity index is 505. The zero-order valence-electron chi connectivity index (χ0n) is 10.3. The molecule has 3 nitrogen and oxygen atoms in total. The molecule has 0 amide bonds. The number of methoxy groups -OCH3 is 1. The van der Waals surface area contributed by atoms with Crippen LogP contribution in [-0.4, -0.2) is 13.1 Å². The van der Waals surface area contributed by atoms with Crippen molar-refractivity contribution in [1.29, 1.82) is 0 Å². The standard InChI is InChI=1S/C14H15NO2S/c1-10-5-7-11(8-6-10)15-13(14(16)17-2)12-4-3-9-18-12/h3-9,13,15H,1-2H3. The third-order valence-corrected chi connectivity index (χ3v) is 3.56. The lowest BCUT2D eigenvalue weighted by molar-refractivity contribution is -0.141.